The number of hydrogen-bond acceptors (Lipinski definition) is 7. The average Bonchev–Trinajstić information content (AvgIpc) is 3.75. The van der Waals surface area contributed by atoms with Gasteiger partial charge in [0.15, 0.2) is 11.6 Å². The molecule has 6 rings (SSSR count). The molecular weight excluding hydrogens is 591 g/mol. The molecule has 2 aromatic heterocycles. The molecule has 2 heterocycles. The number of benzene rings is 3. The Labute approximate surface area is 264 Å². The largest absolute Gasteiger partial charge is 0.453 e. The Bertz CT molecular complexity index is 1820. The summed E-state index contributed by atoms with van der Waals surface area (Å²) in [7, 11) is 1.69. The van der Waals surface area contributed by atoms with Gasteiger partial charge in [0.25, 0.3) is 0 Å². The van der Waals surface area contributed by atoms with Crippen molar-refractivity contribution < 1.29 is 23.5 Å². The lowest BCUT2D eigenvalue weighted by molar-refractivity contribution is -0.131. The maximum Gasteiger partial charge on any atom is 0.240 e. The molecule has 1 atom stereocenters. The second-order valence-electron chi connectivity index (χ2n) is 11.2. The highest BCUT2D eigenvalue weighted by Crippen LogP contribution is 2.48. The van der Waals surface area contributed by atoms with Crippen LogP contribution in [0.15, 0.2) is 91.1 Å². The number of thiophene rings is 1. The van der Waals surface area contributed by atoms with Gasteiger partial charge in [0.1, 0.15) is 11.2 Å². The lowest BCUT2D eigenvalue weighted by Crippen LogP contribution is -2.35. The highest BCUT2D eigenvalue weighted by molar-refractivity contribution is 7.22. The van der Waals surface area contributed by atoms with Crippen molar-refractivity contribution in [2.24, 2.45) is 5.41 Å². The second kappa shape index (κ2) is 13.2. The summed E-state index contributed by atoms with van der Waals surface area (Å²) in [5.41, 5.74) is 2.67. The highest BCUT2D eigenvalue weighted by atomic mass is 32.1. The molecule has 0 radical (unpaired) electrons. The van der Waals surface area contributed by atoms with E-state index >= 15 is 4.39 Å². The number of fused-ring (bicyclic) bond motifs is 1. The van der Waals surface area contributed by atoms with Crippen molar-refractivity contribution in [3.63, 3.8) is 0 Å². The van der Waals surface area contributed by atoms with Gasteiger partial charge in [0.2, 0.25) is 11.8 Å². The fourth-order valence-electron chi connectivity index (χ4n) is 5.01. The number of nitrogens with zero attached hydrogens (tertiary/aromatic N) is 1. The van der Waals surface area contributed by atoms with Crippen molar-refractivity contribution in [2.45, 2.75) is 32.4 Å². The zero-order valence-electron chi connectivity index (χ0n) is 24.9. The molecule has 3 aromatic carbocycles. The van der Waals surface area contributed by atoms with Crippen LogP contribution in [-0.2, 0) is 20.9 Å². The molecule has 230 valence electrons. The van der Waals surface area contributed by atoms with Crippen LogP contribution in [0.25, 0.3) is 20.7 Å². The van der Waals surface area contributed by atoms with E-state index in [0.717, 1.165) is 27.2 Å². The number of halogens is 1. The molecule has 2 amide bonds. The first-order valence-electron chi connectivity index (χ1n) is 14.7. The molecule has 3 N–H and O–H groups in total. The summed E-state index contributed by atoms with van der Waals surface area (Å²) < 4.78 is 27.2. The van der Waals surface area contributed by atoms with Gasteiger partial charge in [0, 0.05) is 54.3 Å². The van der Waals surface area contributed by atoms with Crippen LogP contribution in [0.3, 0.4) is 0 Å². The molecule has 0 unspecified atom stereocenters. The maximum absolute atomic E-state index is 15.2. The molecule has 45 heavy (non-hydrogen) atoms. The molecule has 10 heteroatoms. The third-order valence-corrected chi connectivity index (χ3v) is 8.93. The van der Waals surface area contributed by atoms with Gasteiger partial charge in [-0.15, -0.1) is 11.3 Å². The first-order valence-corrected chi connectivity index (χ1v) is 15.5. The Morgan fingerprint density at radius 1 is 0.933 bits per heavy atom. The van der Waals surface area contributed by atoms with Crippen LogP contribution in [0, 0.1) is 11.2 Å². The molecule has 0 aliphatic heterocycles. The molecule has 8 nitrogen and oxygen atoms in total. The van der Waals surface area contributed by atoms with E-state index in [2.05, 4.69) is 52.1 Å². The predicted octanol–water partition coefficient (Wildman–Crippen LogP) is 7.38. The van der Waals surface area contributed by atoms with Gasteiger partial charge in [0.05, 0.1) is 16.8 Å². The number of amides is 2. The standard InChI is InChI=1S/C35H33FN4O4S/c1-22(21-43-2)38-20-23-8-10-24(11-9-23)31-19-28-32(45-31)30(14-17-37-28)44-29-13-12-26(18-27(29)36)40-34(42)35(15-16-35)33(41)39-25-6-4-3-5-7-25/h3-14,17-19,22,38H,15-16,20-21H2,1-2H3,(H,39,41)(H,40,42)/t22-/m0/s1. The van der Waals surface area contributed by atoms with Crippen molar-refractivity contribution in [1.29, 1.82) is 0 Å². The van der Waals surface area contributed by atoms with Crippen LogP contribution in [0.1, 0.15) is 25.3 Å². The highest BCUT2D eigenvalue weighted by Gasteiger charge is 2.56. The van der Waals surface area contributed by atoms with E-state index in [1.165, 1.54) is 29.0 Å². The zero-order valence-corrected chi connectivity index (χ0v) is 25.7. The van der Waals surface area contributed by atoms with Gasteiger partial charge in [-0.25, -0.2) is 4.39 Å². The predicted molar refractivity (Wildman–Crippen MR) is 175 cm³/mol. The van der Waals surface area contributed by atoms with Gasteiger partial charge >= 0.3 is 0 Å². The number of hydrogen-bond donors (Lipinski definition) is 3. The second-order valence-corrected chi connectivity index (χ2v) is 12.2. The number of ether oxygens (including phenoxy) is 2. The summed E-state index contributed by atoms with van der Waals surface area (Å²) in [5.74, 6) is -0.982. The smallest absolute Gasteiger partial charge is 0.240 e. The quantitative estimate of drug-likeness (QED) is 0.125. The van der Waals surface area contributed by atoms with Crippen LogP contribution in [0.4, 0.5) is 15.8 Å². The third-order valence-electron chi connectivity index (χ3n) is 7.75. The van der Waals surface area contributed by atoms with E-state index in [0.29, 0.717) is 30.9 Å². The first-order chi connectivity index (χ1) is 21.8. The molecule has 1 aliphatic carbocycles. The number of methoxy groups -OCH3 is 1. The summed E-state index contributed by atoms with van der Waals surface area (Å²) in [6.45, 7) is 3.48. The van der Waals surface area contributed by atoms with E-state index in [9.17, 15) is 9.59 Å². The van der Waals surface area contributed by atoms with Crippen molar-refractivity contribution in [2.75, 3.05) is 24.4 Å². The van der Waals surface area contributed by atoms with Crippen LogP contribution in [-0.4, -0.2) is 36.6 Å². The Hall–Kier alpha value is -4.64. The minimum atomic E-state index is -1.17. The summed E-state index contributed by atoms with van der Waals surface area (Å²) in [6.07, 6.45) is 2.49. The minimum absolute atomic E-state index is 0.0120. The summed E-state index contributed by atoms with van der Waals surface area (Å²) in [6, 6.07) is 25.5. The number of carbonyl (C=O) groups is 2. The normalized spacial score (nSPS) is 14.1. The number of anilines is 2. The van der Waals surface area contributed by atoms with Gasteiger partial charge < -0.3 is 25.4 Å². The Morgan fingerprint density at radius 3 is 2.36 bits per heavy atom. The van der Waals surface area contributed by atoms with E-state index < -0.39 is 17.1 Å². The average molecular weight is 625 g/mol. The first kappa shape index (κ1) is 30.4. The molecule has 0 bridgehead atoms. The van der Waals surface area contributed by atoms with Gasteiger partial charge in [-0.1, -0.05) is 42.5 Å². The maximum atomic E-state index is 15.2. The number of pyridine rings is 1. The molecule has 0 spiro atoms. The molecule has 1 aliphatic rings. The van der Waals surface area contributed by atoms with Crippen molar-refractivity contribution in [3.8, 4) is 21.9 Å². The fourth-order valence-corrected chi connectivity index (χ4v) is 6.08. The number of nitrogens with one attached hydrogen (secondary N) is 3. The Morgan fingerprint density at radius 2 is 1.67 bits per heavy atom. The topological polar surface area (TPSA) is 102 Å². The zero-order chi connectivity index (χ0) is 31.4. The van der Waals surface area contributed by atoms with Crippen molar-refractivity contribution >= 4 is 44.7 Å². The third kappa shape index (κ3) is 6.88. The van der Waals surface area contributed by atoms with Gasteiger partial charge in [-0.05, 0) is 61.2 Å². The molecule has 0 saturated heterocycles. The fraction of sp³-hybridized carbons (Fsp3) is 0.229. The van der Waals surface area contributed by atoms with Crippen LogP contribution >= 0.6 is 11.3 Å². The van der Waals surface area contributed by atoms with E-state index in [1.54, 1.807) is 49.7 Å². The number of carbonyl (C=O) groups excluding carboxylic acids is 2. The van der Waals surface area contributed by atoms with E-state index in [-0.39, 0.29) is 23.4 Å². The Balaban J connectivity index is 1.12. The molecular formula is C35H33FN4O4S. The number of para-hydroxylation sites is 1. The minimum Gasteiger partial charge on any atom is -0.453 e. The summed E-state index contributed by atoms with van der Waals surface area (Å²) in [4.78, 5) is 31.4. The van der Waals surface area contributed by atoms with Gasteiger partial charge in [-0.3, -0.25) is 14.6 Å². The molecule has 1 fully saturated rings. The lowest BCUT2D eigenvalue weighted by Gasteiger charge is -2.16. The van der Waals surface area contributed by atoms with E-state index in [4.69, 9.17) is 9.47 Å². The summed E-state index contributed by atoms with van der Waals surface area (Å²) >= 11 is 1.52. The van der Waals surface area contributed by atoms with Gasteiger partial charge in [-0.2, -0.15) is 0 Å². The number of aromatic nitrogens is 1. The molecule has 5 aromatic rings. The van der Waals surface area contributed by atoms with Crippen LogP contribution in [0.5, 0.6) is 11.5 Å². The van der Waals surface area contributed by atoms with Crippen LogP contribution in [0.2, 0.25) is 0 Å². The van der Waals surface area contributed by atoms with Crippen molar-refractivity contribution in [3.05, 3.63) is 103 Å². The van der Waals surface area contributed by atoms with Crippen molar-refractivity contribution in [1.82, 2.24) is 10.3 Å². The summed E-state index contributed by atoms with van der Waals surface area (Å²) in [5, 5.41) is 8.93. The number of rotatable bonds is 12. The van der Waals surface area contributed by atoms with E-state index in [1.807, 2.05) is 12.1 Å². The Kier molecular flexibility index (Phi) is 8.88. The molecule has 1 saturated carbocycles. The lowest BCUT2D eigenvalue weighted by atomic mass is 10.0. The van der Waals surface area contributed by atoms with Crippen LogP contribution < -0.4 is 20.7 Å². The monoisotopic (exact) mass is 624 g/mol. The SMILES string of the molecule is COC[C@H](C)NCc1ccc(-c2cc3nccc(Oc4ccc(NC(=O)C5(C(=O)Nc6ccccc6)CC5)cc4F)c3s2)cc1.